The number of nitrogens with zero attached hydrogens (tertiary/aromatic N) is 2. The molecule has 290 valence electrons. The fraction of sp³-hybridized carbons (Fsp3) is 0.794. The van der Waals surface area contributed by atoms with Gasteiger partial charge in [0.2, 0.25) is 35.4 Å². The first kappa shape index (κ1) is 43.2. The summed E-state index contributed by atoms with van der Waals surface area (Å²) in [5, 5.41) is 14.2. The Morgan fingerprint density at radius 1 is 0.725 bits per heavy atom. The molecule has 13 N–H and O–H groups in total. The molecule has 0 spiro atoms. The Labute approximate surface area is 302 Å². The maximum absolute atomic E-state index is 14.0. The number of guanidine groups is 1. The van der Waals surface area contributed by atoms with Gasteiger partial charge in [-0.15, -0.1) is 0 Å². The first-order valence-electron chi connectivity index (χ1n) is 18.8. The summed E-state index contributed by atoms with van der Waals surface area (Å²) in [5.74, 6) is -2.71. The first-order chi connectivity index (χ1) is 24.5. The van der Waals surface area contributed by atoms with Crippen molar-refractivity contribution in [1.29, 1.82) is 0 Å². The number of hydrogen-bond donors (Lipinski definition) is 9. The fourth-order valence-electron chi connectivity index (χ4n) is 6.27. The van der Waals surface area contributed by atoms with E-state index in [0.29, 0.717) is 90.4 Å². The van der Waals surface area contributed by atoms with Crippen molar-refractivity contribution in [2.75, 3.05) is 32.7 Å². The van der Waals surface area contributed by atoms with Gasteiger partial charge in [0, 0.05) is 26.1 Å². The van der Waals surface area contributed by atoms with Crippen molar-refractivity contribution in [2.24, 2.45) is 27.9 Å². The topological polar surface area (TPSA) is 282 Å². The van der Waals surface area contributed by atoms with E-state index in [-0.39, 0.29) is 44.1 Å². The zero-order valence-electron chi connectivity index (χ0n) is 30.4. The number of carbonyl (C=O) groups is 6. The van der Waals surface area contributed by atoms with E-state index in [1.54, 1.807) is 0 Å². The molecule has 0 bridgehead atoms. The van der Waals surface area contributed by atoms with Gasteiger partial charge in [0.05, 0.1) is 0 Å². The number of hydrogen-bond acceptors (Lipinski definition) is 9. The third-order valence-electron chi connectivity index (χ3n) is 9.19. The number of nitrogens with two attached hydrogens (primary N) is 4. The minimum atomic E-state index is -1.01. The van der Waals surface area contributed by atoms with Crippen LogP contribution >= 0.6 is 0 Å². The molecule has 0 aromatic rings. The molecule has 6 amide bonds. The molecule has 0 saturated carbocycles. The van der Waals surface area contributed by atoms with Gasteiger partial charge in [-0.3, -0.25) is 33.8 Å². The fourth-order valence-corrected chi connectivity index (χ4v) is 6.27. The average molecular weight is 722 g/mol. The number of nitrogens with one attached hydrogen (secondary N) is 5. The third-order valence-corrected chi connectivity index (χ3v) is 9.19. The molecule has 51 heavy (non-hydrogen) atoms. The van der Waals surface area contributed by atoms with Crippen LogP contribution in [0.2, 0.25) is 0 Å². The molecule has 2 rings (SSSR count). The lowest BCUT2D eigenvalue weighted by Gasteiger charge is -2.30. The number of rotatable bonds is 20. The highest BCUT2D eigenvalue weighted by molar-refractivity contribution is 5.98. The van der Waals surface area contributed by atoms with Crippen LogP contribution in [0, 0.1) is 0 Å². The zero-order chi connectivity index (χ0) is 37.6. The Morgan fingerprint density at radius 3 is 1.76 bits per heavy atom. The van der Waals surface area contributed by atoms with Crippen LogP contribution in [0.25, 0.3) is 0 Å². The van der Waals surface area contributed by atoms with Gasteiger partial charge >= 0.3 is 0 Å². The lowest BCUT2D eigenvalue weighted by Crippen LogP contribution is -2.57. The summed E-state index contributed by atoms with van der Waals surface area (Å²) in [5.41, 5.74) is 22.4. The number of carbonyl (C=O) groups excluding carboxylic acids is 6. The van der Waals surface area contributed by atoms with Crippen LogP contribution in [0.15, 0.2) is 4.99 Å². The summed E-state index contributed by atoms with van der Waals surface area (Å²) in [4.78, 5) is 86.7. The molecule has 17 nitrogen and oxygen atoms in total. The Balaban J connectivity index is 2.42. The van der Waals surface area contributed by atoms with E-state index in [1.807, 2.05) is 6.92 Å². The normalized spacial score (nSPS) is 23.2. The minimum absolute atomic E-state index is 0.0297. The van der Waals surface area contributed by atoms with Crippen LogP contribution in [0.5, 0.6) is 0 Å². The van der Waals surface area contributed by atoms with Crippen LogP contribution in [0.4, 0.5) is 0 Å². The lowest BCUT2D eigenvalue weighted by molar-refractivity contribution is -0.142. The molecule has 2 heterocycles. The molecule has 0 unspecified atom stereocenters. The van der Waals surface area contributed by atoms with E-state index in [9.17, 15) is 28.8 Å². The smallest absolute Gasteiger partial charge is 0.245 e. The van der Waals surface area contributed by atoms with Crippen LogP contribution in [0.1, 0.15) is 110 Å². The lowest BCUT2D eigenvalue weighted by atomic mass is 10.0. The molecule has 0 radical (unpaired) electrons. The van der Waals surface area contributed by atoms with Gasteiger partial charge in [0.25, 0.3) is 0 Å². The molecule has 5 atom stereocenters. The highest BCUT2D eigenvalue weighted by atomic mass is 16.2. The Kier molecular flexibility index (Phi) is 20.5. The van der Waals surface area contributed by atoms with Gasteiger partial charge in [-0.1, -0.05) is 13.3 Å². The Hall–Kier alpha value is -3.99. The summed E-state index contributed by atoms with van der Waals surface area (Å²) < 4.78 is 0. The van der Waals surface area contributed by atoms with Crippen molar-refractivity contribution in [3.8, 4) is 0 Å². The Morgan fingerprint density at radius 2 is 1.24 bits per heavy atom. The largest absolute Gasteiger partial charge is 0.370 e. The molecule has 0 aliphatic carbocycles. The van der Waals surface area contributed by atoms with Gasteiger partial charge in [-0.25, -0.2) is 0 Å². The predicted octanol–water partition coefficient (Wildman–Crippen LogP) is -1.28. The minimum Gasteiger partial charge on any atom is -0.370 e. The summed E-state index contributed by atoms with van der Waals surface area (Å²) in [7, 11) is 0. The molecule has 2 aliphatic heterocycles. The van der Waals surface area contributed by atoms with Crippen LogP contribution in [-0.4, -0.2) is 109 Å². The SMILES string of the molecule is CCCCC(=O)NCCCC[C@@H]1NC(=O)[C@H]2CCCN2C(=O)[C@H](CCCN=C(N)N)NC(=O)[C@H](CCCCN)NC(=O)[C@H](CCCCN)NC1=O. The molecular formula is C34H63N11O6. The van der Waals surface area contributed by atoms with Gasteiger partial charge < -0.3 is 54.4 Å². The summed E-state index contributed by atoms with van der Waals surface area (Å²) in [6.45, 7) is 3.77. The van der Waals surface area contributed by atoms with Crippen molar-refractivity contribution in [3.05, 3.63) is 0 Å². The van der Waals surface area contributed by atoms with E-state index in [2.05, 4.69) is 31.6 Å². The maximum atomic E-state index is 14.0. The molecule has 2 fully saturated rings. The monoisotopic (exact) mass is 721 g/mol. The van der Waals surface area contributed by atoms with Gasteiger partial charge in [-0.05, 0) is 103 Å². The van der Waals surface area contributed by atoms with Gasteiger partial charge in [0.15, 0.2) is 5.96 Å². The van der Waals surface area contributed by atoms with E-state index >= 15 is 0 Å². The van der Waals surface area contributed by atoms with Gasteiger partial charge in [0.1, 0.15) is 30.2 Å². The second-order valence-electron chi connectivity index (χ2n) is 13.4. The molecule has 17 heteroatoms. The summed E-state index contributed by atoms with van der Waals surface area (Å²) in [6, 6.07) is -4.88. The van der Waals surface area contributed by atoms with Crippen LogP contribution in [0.3, 0.4) is 0 Å². The highest BCUT2D eigenvalue weighted by Crippen LogP contribution is 2.21. The predicted molar refractivity (Wildman–Crippen MR) is 195 cm³/mol. The van der Waals surface area contributed by atoms with E-state index in [0.717, 1.165) is 12.8 Å². The van der Waals surface area contributed by atoms with E-state index in [4.69, 9.17) is 22.9 Å². The summed E-state index contributed by atoms with van der Waals surface area (Å²) in [6.07, 6.45) is 7.83. The number of aliphatic imine (C=N–C) groups is 1. The zero-order valence-corrected chi connectivity index (χ0v) is 30.4. The number of unbranched alkanes of at least 4 members (excludes halogenated alkanes) is 4. The van der Waals surface area contributed by atoms with E-state index < -0.39 is 59.7 Å². The van der Waals surface area contributed by atoms with Crippen molar-refractivity contribution in [3.63, 3.8) is 0 Å². The maximum Gasteiger partial charge on any atom is 0.245 e. The molecule has 2 aliphatic rings. The standard InChI is InChI=1S/C34H63N11O6/c1-2-3-17-28(46)39-20-9-6-14-25-30(48)41-23(12-4-7-18-35)29(47)42-24(13-5-8-19-36)31(49)44-26(15-10-21-40-34(37)38)33(51)45-22-11-16-27(45)32(50)43-25/h23-27H,2-22,35-36H2,1H3,(H,39,46)(H,41,48)(H,42,47)(H,43,50)(H,44,49)(H4,37,38,40)/t23-,24-,25-,26-,27+/m0/s1. The van der Waals surface area contributed by atoms with Crippen LogP contribution in [-0.2, 0) is 28.8 Å². The Bertz CT molecular complexity index is 1170. The van der Waals surface area contributed by atoms with E-state index in [1.165, 1.54) is 4.90 Å². The van der Waals surface area contributed by atoms with Gasteiger partial charge in [-0.2, -0.15) is 0 Å². The van der Waals surface area contributed by atoms with Crippen molar-refractivity contribution in [2.45, 2.75) is 140 Å². The average Bonchev–Trinajstić information content (AvgIpc) is 3.60. The second-order valence-corrected chi connectivity index (χ2v) is 13.4. The van der Waals surface area contributed by atoms with Crippen LogP contribution < -0.4 is 49.5 Å². The summed E-state index contributed by atoms with van der Waals surface area (Å²) >= 11 is 0. The molecular weight excluding hydrogens is 658 g/mol. The highest BCUT2D eigenvalue weighted by Gasteiger charge is 2.40. The first-order valence-corrected chi connectivity index (χ1v) is 18.8. The van der Waals surface area contributed by atoms with Crippen molar-refractivity contribution < 1.29 is 28.8 Å². The number of amides is 6. The van der Waals surface area contributed by atoms with Crippen molar-refractivity contribution >= 4 is 41.4 Å². The molecule has 0 aromatic carbocycles. The number of fused-ring (bicyclic) bond motifs is 1. The van der Waals surface area contributed by atoms with Crippen molar-refractivity contribution in [1.82, 2.24) is 31.5 Å². The quantitative estimate of drug-likeness (QED) is 0.0408. The second kappa shape index (κ2) is 24.2. The molecule has 2 saturated heterocycles. The third kappa shape index (κ3) is 15.8. The molecule has 0 aromatic heterocycles.